The molecule has 0 aliphatic rings. The Morgan fingerprint density at radius 2 is 2.00 bits per heavy atom. The lowest BCUT2D eigenvalue weighted by molar-refractivity contribution is -0.121. The quantitative estimate of drug-likeness (QED) is 0.902. The van der Waals surface area contributed by atoms with Crippen molar-refractivity contribution in [2.75, 3.05) is 11.9 Å². The Morgan fingerprint density at radius 1 is 1.19 bits per heavy atom. The molecule has 0 bridgehead atoms. The van der Waals surface area contributed by atoms with Crippen LogP contribution in [0.3, 0.4) is 0 Å². The molecular weight excluding hydrogens is 286 g/mol. The number of ether oxygens (including phenoxy) is 1. The second-order valence-corrected chi connectivity index (χ2v) is 5.42. The second kappa shape index (κ2) is 7.25. The number of nitrogens with one attached hydrogen (secondary N) is 1. The maximum absolute atomic E-state index is 11.8. The molecule has 0 heterocycles. The lowest BCUT2D eigenvalue weighted by Crippen LogP contribution is -2.18. The van der Waals surface area contributed by atoms with Gasteiger partial charge in [-0.15, -0.1) is 0 Å². The Hall–Kier alpha value is -1.84. The molecule has 0 radical (unpaired) electrons. The zero-order valence-corrected chi connectivity index (χ0v) is 12.9. The fourth-order valence-electron chi connectivity index (χ4n) is 2.02. The second-order valence-electron chi connectivity index (χ2n) is 4.98. The van der Waals surface area contributed by atoms with E-state index < -0.39 is 0 Å². The summed E-state index contributed by atoms with van der Waals surface area (Å²) >= 11 is 5.86. The Kier molecular flexibility index (Phi) is 5.37. The van der Waals surface area contributed by atoms with Crippen LogP contribution < -0.4 is 5.32 Å². The van der Waals surface area contributed by atoms with Gasteiger partial charge in [0.15, 0.2) is 0 Å². The number of amides is 1. The largest absolute Gasteiger partial charge is 0.367 e. The molecule has 3 nitrogen and oxygen atoms in total. The van der Waals surface area contributed by atoms with Gasteiger partial charge in [-0.3, -0.25) is 4.79 Å². The summed E-state index contributed by atoms with van der Waals surface area (Å²) in [5, 5.41) is 3.33. The third kappa shape index (κ3) is 4.88. The van der Waals surface area contributed by atoms with Crippen molar-refractivity contribution < 1.29 is 9.53 Å². The van der Waals surface area contributed by atoms with Gasteiger partial charge in [0.2, 0.25) is 5.91 Å². The number of benzene rings is 2. The first-order valence-electron chi connectivity index (χ1n) is 6.74. The molecule has 21 heavy (non-hydrogen) atoms. The van der Waals surface area contributed by atoms with Crippen molar-refractivity contribution in [3.05, 3.63) is 64.2 Å². The number of aryl methyl sites for hydroxylation is 2. The fourth-order valence-corrected chi connectivity index (χ4v) is 2.22. The highest BCUT2D eigenvalue weighted by Crippen LogP contribution is 2.15. The Bertz CT molecular complexity index is 640. The summed E-state index contributed by atoms with van der Waals surface area (Å²) in [6, 6.07) is 13.2. The highest BCUT2D eigenvalue weighted by Gasteiger charge is 2.04. The molecule has 4 heteroatoms. The van der Waals surface area contributed by atoms with Crippen LogP contribution in [0.25, 0.3) is 0 Å². The standard InChI is InChI=1S/C17H18ClNO2/c1-12-6-7-14(13(2)8-12)10-21-11-17(20)19-16-5-3-4-15(18)9-16/h3-9H,10-11H2,1-2H3,(H,19,20). The summed E-state index contributed by atoms with van der Waals surface area (Å²) in [4.78, 5) is 11.8. The van der Waals surface area contributed by atoms with E-state index >= 15 is 0 Å². The van der Waals surface area contributed by atoms with Gasteiger partial charge in [0.1, 0.15) is 6.61 Å². The maximum Gasteiger partial charge on any atom is 0.250 e. The lowest BCUT2D eigenvalue weighted by atomic mass is 10.1. The normalized spacial score (nSPS) is 10.4. The minimum absolute atomic E-state index is 0.0137. The van der Waals surface area contributed by atoms with Crippen LogP contribution in [0.5, 0.6) is 0 Å². The van der Waals surface area contributed by atoms with Crippen molar-refractivity contribution in [3.63, 3.8) is 0 Å². The van der Waals surface area contributed by atoms with Crippen molar-refractivity contribution in [2.24, 2.45) is 0 Å². The van der Waals surface area contributed by atoms with Gasteiger partial charge in [0.25, 0.3) is 0 Å². The van der Waals surface area contributed by atoms with Gasteiger partial charge in [-0.1, -0.05) is 41.4 Å². The Morgan fingerprint density at radius 3 is 2.71 bits per heavy atom. The molecule has 0 unspecified atom stereocenters. The smallest absolute Gasteiger partial charge is 0.250 e. The molecule has 0 aliphatic carbocycles. The van der Waals surface area contributed by atoms with Crippen molar-refractivity contribution in [3.8, 4) is 0 Å². The summed E-state index contributed by atoms with van der Waals surface area (Å²) in [5.74, 6) is -0.193. The maximum atomic E-state index is 11.8. The van der Waals surface area contributed by atoms with Crippen molar-refractivity contribution >= 4 is 23.2 Å². The first-order chi connectivity index (χ1) is 10.0. The Balaban J connectivity index is 1.81. The zero-order chi connectivity index (χ0) is 15.2. The summed E-state index contributed by atoms with van der Waals surface area (Å²) in [6.45, 7) is 4.53. The molecule has 0 spiro atoms. The number of carbonyl (C=O) groups is 1. The van der Waals surface area contributed by atoms with Crippen molar-refractivity contribution in [1.82, 2.24) is 0 Å². The highest BCUT2D eigenvalue weighted by atomic mass is 35.5. The van der Waals surface area contributed by atoms with Crippen LogP contribution in [0, 0.1) is 13.8 Å². The number of halogens is 1. The third-order valence-electron chi connectivity index (χ3n) is 3.10. The average molecular weight is 304 g/mol. The lowest BCUT2D eigenvalue weighted by Gasteiger charge is -2.09. The number of hydrogen-bond acceptors (Lipinski definition) is 2. The number of anilines is 1. The molecule has 2 aromatic carbocycles. The van der Waals surface area contributed by atoms with E-state index in [0.717, 1.165) is 5.56 Å². The van der Waals surface area contributed by atoms with Crippen LogP contribution in [-0.2, 0) is 16.1 Å². The first kappa shape index (κ1) is 15.5. The van der Waals surface area contributed by atoms with E-state index in [0.29, 0.717) is 17.3 Å². The van der Waals surface area contributed by atoms with Crippen LogP contribution in [0.15, 0.2) is 42.5 Å². The van der Waals surface area contributed by atoms with E-state index in [1.165, 1.54) is 11.1 Å². The minimum atomic E-state index is -0.193. The molecule has 0 atom stereocenters. The monoisotopic (exact) mass is 303 g/mol. The third-order valence-corrected chi connectivity index (χ3v) is 3.33. The molecule has 0 fully saturated rings. The topological polar surface area (TPSA) is 38.3 Å². The van der Waals surface area contributed by atoms with Gasteiger partial charge in [-0.2, -0.15) is 0 Å². The number of rotatable bonds is 5. The van der Waals surface area contributed by atoms with E-state index in [1.807, 2.05) is 19.1 Å². The summed E-state index contributed by atoms with van der Waals surface area (Å²) in [7, 11) is 0. The van der Waals surface area contributed by atoms with Gasteiger partial charge in [-0.25, -0.2) is 0 Å². The van der Waals surface area contributed by atoms with Gasteiger partial charge < -0.3 is 10.1 Å². The van der Waals surface area contributed by atoms with E-state index in [4.69, 9.17) is 16.3 Å². The molecular formula is C17H18ClNO2. The van der Waals surface area contributed by atoms with Crippen molar-refractivity contribution in [2.45, 2.75) is 20.5 Å². The van der Waals surface area contributed by atoms with Crippen LogP contribution in [0.4, 0.5) is 5.69 Å². The van der Waals surface area contributed by atoms with Crippen LogP contribution in [0.1, 0.15) is 16.7 Å². The average Bonchev–Trinajstić information content (AvgIpc) is 2.41. The van der Waals surface area contributed by atoms with E-state index in [1.54, 1.807) is 24.3 Å². The van der Waals surface area contributed by atoms with Crippen LogP contribution in [0.2, 0.25) is 5.02 Å². The predicted molar refractivity (Wildman–Crippen MR) is 85.7 cm³/mol. The molecule has 0 aliphatic heterocycles. The highest BCUT2D eigenvalue weighted by molar-refractivity contribution is 6.30. The summed E-state index contributed by atoms with van der Waals surface area (Å²) in [6.07, 6.45) is 0. The van der Waals surface area contributed by atoms with Gasteiger partial charge in [-0.05, 0) is 43.2 Å². The van der Waals surface area contributed by atoms with Crippen molar-refractivity contribution in [1.29, 1.82) is 0 Å². The molecule has 0 saturated carbocycles. The van der Waals surface area contributed by atoms with Crippen LogP contribution in [-0.4, -0.2) is 12.5 Å². The van der Waals surface area contributed by atoms with Gasteiger partial charge >= 0.3 is 0 Å². The first-order valence-corrected chi connectivity index (χ1v) is 7.11. The minimum Gasteiger partial charge on any atom is -0.367 e. The SMILES string of the molecule is Cc1ccc(COCC(=O)Nc2cccc(Cl)c2)c(C)c1. The molecule has 2 aromatic rings. The molecule has 1 N–H and O–H groups in total. The molecule has 0 aromatic heterocycles. The van der Waals surface area contributed by atoms with Gasteiger partial charge in [0.05, 0.1) is 6.61 Å². The van der Waals surface area contributed by atoms with E-state index in [2.05, 4.69) is 18.3 Å². The summed E-state index contributed by atoms with van der Waals surface area (Å²) in [5.41, 5.74) is 4.15. The molecule has 0 saturated heterocycles. The molecule has 1 amide bonds. The van der Waals surface area contributed by atoms with Crippen LogP contribution >= 0.6 is 11.6 Å². The van der Waals surface area contributed by atoms with E-state index in [9.17, 15) is 4.79 Å². The van der Waals surface area contributed by atoms with E-state index in [-0.39, 0.29) is 12.5 Å². The van der Waals surface area contributed by atoms with Gasteiger partial charge in [0, 0.05) is 10.7 Å². The number of hydrogen-bond donors (Lipinski definition) is 1. The Labute approximate surface area is 129 Å². The predicted octanol–water partition coefficient (Wildman–Crippen LogP) is 4.11. The molecule has 110 valence electrons. The molecule has 2 rings (SSSR count). The summed E-state index contributed by atoms with van der Waals surface area (Å²) < 4.78 is 5.46. The fraction of sp³-hybridized carbons (Fsp3) is 0.235. The zero-order valence-electron chi connectivity index (χ0n) is 12.2. The number of carbonyl (C=O) groups excluding carboxylic acids is 1.